The van der Waals surface area contributed by atoms with Crippen molar-refractivity contribution in [1.29, 1.82) is 0 Å². The molecule has 1 saturated heterocycles. The van der Waals surface area contributed by atoms with E-state index >= 15 is 0 Å². The van der Waals surface area contributed by atoms with Crippen LogP contribution in [0, 0.1) is 0 Å². The van der Waals surface area contributed by atoms with Crippen LogP contribution < -0.4 is 10.1 Å². The Kier molecular flexibility index (Phi) is 6.01. The molecule has 0 bridgehead atoms. The van der Waals surface area contributed by atoms with E-state index in [1.165, 1.54) is 18.4 Å². The summed E-state index contributed by atoms with van der Waals surface area (Å²) in [5.41, 5.74) is 1.29. The molecule has 2 rings (SSSR count). The van der Waals surface area contributed by atoms with Gasteiger partial charge in [0.1, 0.15) is 5.75 Å². The first-order chi connectivity index (χ1) is 9.33. The Morgan fingerprint density at radius 2 is 2.21 bits per heavy atom. The van der Waals surface area contributed by atoms with Crippen LogP contribution in [0.4, 0.5) is 0 Å². The van der Waals surface area contributed by atoms with Crippen molar-refractivity contribution in [1.82, 2.24) is 5.32 Å². The number of rotatable bonds is 6. The lowest BCUT2D eigenvalue weighted by Gasteiger charge is -2.24. The summed E-state index contributed by atoms with van der Waals surface area (Å²) in [4.78, 5) is 0. The summed E-state index contributed by atoms with van der Waals surface area (Å²) in [7, 11) is 3.74. The second-order valence-corrected chi connectivity index (χ2v) is 6.10. The Morgan fingerprint density at radius 3 is 2.89 bits per heavy atom. The van der Waals surface area contributed by atoms with Crippen LogP contribution in [0.2, 0.25) is 0 Å². The minimum Gasteiger partial charge on any atom is -0.497 e. The Balaban J connectivity index is 1.91. The maximum absolute atomic E-state index is 5.40. The van der Waals surface area contributed by atoms with Crippen LogP contribution in [0.25, 0.3) is 0 Å². The number of methoxy groups -OCH3 is 1. The predicted molar refractivity (Wildman–Crippen MR) is 81.1 cm³/mol. The maximum Gasteiger partial charge on any atom is 0.119 e. The highest BCUT2D eigenvalue weighted by atomic mass is 32.2. The molecular formula is C15H23NO2S. The Bertz CT molecular complexity index is 380. The van der Waals surface area contributed by atoms with Gasteiger partial charge in [0.25, 0.3) is 0 Å². The lowest BCUT2D eigenvalue weighted by molar-refractivity contribution is 0.1000. The molecule has 1 unspecified atom stereocenters. The van der Waals surface area contributed by atoms with Gasteiger partial charge in [0, 0.05) is 30.3 Å². The quantitative estimate of drug-likeness (QED) is 0.868. The molecule has 0 radical (unpaired) electrons. The van der Waals surface area contributed by atoms with Gasteiger partial charge in [-0.25, -0.2) is 0 Å². The van der Waals surface area contributed by atoms with E-state index in [1.54, 1.807) is 7.11 Å². The van der Waals surface area contributed by atoms with E-state index in [0.717, 1.165) is 30.0 Å². The first-order valence-electron chi connectivity index (χ1n) is 6.84. The summed E-state index contributed by atoms with van der Waals surface area (Å²) < 4.78 is 10.7. The summed E-state index contributed by atoms with van der Waals surface area (Å²) in [6, 6.07) is 8.70. The van der Waals surface area contributed by atoms with E-state index in [4.69, 9.17) is 9.47 Å². The summed E-state index contributed by atoms with van der Waals surface area (Å²) in [6.07, 6.45) is 2.36. The zero-order chi connectivity index (χ0) is 13.5. The molecule has 0 aliphatic carbocycles. The SMILES string of the molecule is CNC(CSC1CCOCC1)c1cccc(OC)c1. The number of hydrogen-bond acceptors (Lipinski definition) is 4. The number of thioether (sulfide) groups is 1. The van der Waals surface area contributed by atoms with Gasteiger partial charge in [-0.2, -0.15) is 11.8 Å². The van der Waals surface area contributed by atoms with Gasteiger partial charge in [-0.3, -0.25) is 0 Å². The van der Waals surface area contributed by atoms with Crippen LogP contribution >= 0.6 is 11.8 Å². The summed E-state index contributed by atoms with van der Waals surface area (Å²) >= 11 is 2.06. The number of nitrogens with one attached hydrogen (secondary N) is 1. The van der Waals surface area contributed by atoms with Gasteiger partial charge in [0.2, 0.25) is 0 Å². The first kappa shape index (κ1) is 14.7. The molecule has 0 spiro atoms. The van der Waals surface area contributed by atoms with Crippen molar-refractivity contribution in [2.75, 3.05) is 33.1 Å². The van der Waals surface area contributed by atoms with E-state index in [0.29, 0.717) is 6.04 Å². The van der Waals surface area contributed by atoms with Crippen molar-refractivity contribution in [3.05, 3.63) is 29.8 Å². The molecule has 0 aromatic heterocycles. The van der Waals surface area contributed by atoms with Gasteiger partial charge in [-0.1, -0.05) is 12.1 Å². The molecule has 3 nitrogen and oxygen atoms in total. The third-order valence-corrected chi connectivity index (χ3v) is 4.98. The lowest BCUT2D eigenvalue weighted by Crippen LogP contribution is -2.23. The molecule has 1 heterocycles. The first-order valence-corrected chi connectivity index (χ1v) is 7.89. The van der Waals surface area contributed by atoms with E-state index in [2.05, 4.69) is 35.3 Å². The second-order valence-electron chi connectivity index (χ2n) is 4.76. The Labute approximate surface area is 120 Å². The van der Waals surface area contributed by atoms with Crippen molar-refractivity contribution in [2.24, 2.45) is 0 Å². The summed E-state index contributed by atoms with van der Waals surface area (Å²) in [6.45, 7) is 1.84. The highest BCUT2D eigenvalue weighted by Crippen LogP contribution is 2.28. The molecule has 106 valence electrons. The molecule has 1 aliphatic rings. The van der Waals surface area contributed by atoms with E-state index in [9.17, 15) is 0 Å². The second kappa shape index (κ2) is 7.78. The fourth-order valence-electron chi connectivity index (χ4n) is 2.28. The third-order valence-electron chi connectivity index (χ3n) is 3.51. The van der Waals surface area contributed by atoms with E-state index < -0.39 is 0 Å². The Morgan fingerprint density at radius 1 is 1.42 bits per heavy atom. The molecule has 19 heavy (non-hydrogen) atoms. The maximum atomic E-state index is 5.40. The zero-order valence-corrected chi connectivity index (χ0v) is 12.5. The van der Waals surface area contributed by atoms with Crippen molar-refractivity contribution < 1.29 is 9.47 Å². The van der Waals surface area contributed by atoms with E-state index in [-0.39, 0.29) is 0 Å². The molecule has 1 aliphatic heterocycles. The van der Waals surface area contributed by atoms with Crippen molar-refractivity contribution in [2.45, 2.75) is 24.1 Å². The average Bonchev–Trinajstić information content (AvgIpc) is 2.49. The fraction of sp³-hybridized carbons (Fsp3) is 0.600. The van der Waals surface area contributed by atoms with Crippen molar-refractivity contribution >= 4 is 11.8 Å². The number of hydrogen-bond donors (Lipinski definition) is 1. The van der Waals surface area contributed by atoms with Crippen molar-refractivity contribution in [3.8, 4) is 5.75 Å². The molecule has 0 amide bonds. The smallest absolute Gasteiger partial charge is 0.119 e. The van der Waals surface area contributed by atoms with Gasteiger partial charge in [-0.05, 0) is 37.6 Å². The average molecular weight is 281 g/mol. The van der Waals surface area contributed by atoms with Crippen LogP contribution in [-0.4, -0.2) is 38.4 Å². The van der Waals surface area contributed by atoms with Gasteiger partial charge < -0.3 is 14.8 Å². The zero-order valence-electron chi connectivity index (χ0n) is 11.7. The van der Waals surface area contributed by atoms with Gasteiger partial charge in [0.05, 0.1) is 7.11 Å². The normalized spacial score (nSPS) is 18.2. The highest BCUT2D eigenvalue weighted by molar-refractivity contribution is 7.99. The van der Waals surface area contributed by atoms with Crippen LogP contribution in [0.15, 0.2) is 24.3 Å². The van der Waals surface area contributed by atoms with Gasteiger partial charge in [0.15, 0.2) is 0 Å². The molecule has 4 heteroatoms. The topological polar surface area (TPSA) is 30.5 Å². The minimum absolute atomic E-state index is 0.378. The number of ether oxygens (including phenoxy) is 2. The van der Waals surface area contributed by atoms with Crippen LogP contribution in [-0.2, 0) is 4.74 Å². The van der Waals surface area contributed by atoms with Crippen molar-refractivity contribution in [3.63, 3.8) is 0 Å². The monoisotopic (exact) mass is 281 g/mol. The van der Waals surface area contributed by atoms with Crippen LogP contribution in [0.1, 0.15) is 24.4 Å². The van der Waals surface area contributed by atoms with E-state index in [1.807, 2.05) is 13.1 Å². The third kappa shape index (κ3) is 4.41. The highest BCUT2D eigenvalue weighted by Gasteiger charge is 2.17. The molecule has 1 atom stereocenters. The molecule has 1 aromatic rings. The lowest BCUT2D eigenvalue weighted by atomic mass is 10.1. The summed E-state index contributed by atoms with van der Waals surface area (Å²) in [5.74, 6) is 2.02. The fourth-order valence-corrected chi connectivity index (χ4v) is 3.63. The number of benzene rings is 1. The Hall–Kier alpha value is -0.710. The van der Waals surface area contributed by atoms with Gasteiger partial charge >= 0.3 is 0 Å². The predicted octanol–water partition coefficient (Wildman–Crippen LogP) is 2.87. The van der Waals surface area contributed by atoms with Crippen LogP contribution in [0.5, 0.6) is 5.75 Å². The molecular weight excluding hydrogens is 258 g/mol. The van der Waals surface area contributed by atoms with Crippen LogP contribution in [0.3, 0.4) is 0 Å². The summed E-state index contributed by atoms with van der Waals surface area (Å²) in [5, 5.41) is 4.15. The molecule has 0 saturated carbocycles. The molecule has 1 N–H and O–H groups in total. The standard InChI is InChI=1S/C15H23NO2S/c1-16-15(11-19-14-6-8-18-9-7-14)12-4-3-5-13(10-12)17-2/h3-5,10,14-16H,6-9,11H2,1-2H3. The molecule has 1 fully saturated rings. The van der Waals surface area contributed by atoms with Gasteiger partial charge in [-0.15, -0.1) is 0 Å². The largest absolute Gasteiger partial charge is 0.497 e. The minimum atomic E-state index is 0.378. The molecule has 1 aromatic carbocycles.